The molecular formula is C24H25F3N4O2S. The molecule has 0 saturated carbocycles. The second-order valence-corrected chi connectivity index (χ2v) is 9.21. The predicted octanol–water partition coefficient (Wildman–Crippen LogP) is 5.31. The van der Waals surface area contributed by atoms with Crippen LogP contribution >= 0.6 is 11.8 Å². The van der Waals surface area contributed by atoms with Crippen molar-refractivity contribution in [3.63, 3.8) is 0 Å². The zero-order chi connectivity index (χ0) is 24.3. The van der Waals surface area contributed by atoms with Gasteiger partial charge in [-0.3, -0.25) is 9.36 Å². The molecule has 2 aromatic carbocycles. The molecule has 4 rings (SSSR count). The van der Waals surface area contributed by atoms with Crippen LogP contribution in [0, 0.1) is 5.92 Å². The van der Waals surface area contributed by atoms with Crippen molar-refractivity contribution < 1.29 is 22.7 Å². The summed E-state index contributed by atoms with van der Waals surface area (Å²) in [6.45, 7) is 3.62. The third-order valence-electron chi connectivity index (χ3n) is 5.87. The molecule has 0 aliphatic carbocycles. The summed E-state index contributed by atoms with van der Waals surface area (Å²) in [7, 11) is 1.55. The number of hydrogen-bond donors (Lipinski definition) is 0. The van der Waals surface area contributed by atoms with Crippen molar-refractivity contribution in [2.24, 2.45) is 5.92 Å². The molecule has 1 amide bonds. The predicted molar refractivity (Wildman–Crippen MR) is 124 cm³/mol. The smallest absolute Gasteiger partial charge is 0.416 e. The number of likely N-dealkylation sites (tertiary alicyclic amines) is 1. The van der Waals surface area contributed by atoms with Gasteiger partial charge in [-0.25, -0.2) is 0 Å². The lowest BCUT2D eigenvalue weighted by molar-refractivity contribution is -0.137. The van der Waals surface area contributed by atoms with E-state index in [2.05, 4.69) is 17.1 Å². The highest BCUT2D eigenvalue weighted by molar-refractivity contribution is 7.99. The van der Waals surface area contributed by atoms with Crippen LogP contribution in [0.15, 0.2) is 53.7 Å². The van der Waals surface area contributed by atoms with Gasteiger partial charge in [-0.15, -0.1) is 10.2 Å². The SMILES string of the molecule is COc1ccc(-c2nnc(SCC(=O)N3CCC(C)CC3)n2-c2cccc(C(F)(F)F)c2)cc1. The van der Waals surface area contributed by atoms with Crippen LogP contribution < -0.4 is 4.74 Å². The first-order valence-electron chi connectivity index (χ1n) is 10.9. The van der Waals surface area contributed by atoms with Gasteiger partial charge in [0.05, 0.1) is 24.1 Å². The molecule has 2 heterocycles. The number of amides is 1. The van der Waals surface area contributed by atoms with Crippen LogP contribution in [0.3, 0.4) is 0 Å². The number of benzene rings is 2. The molecular weight excluding hydrogens is 465 g/mol. The van der Waals surface area contributed by atoms with Gasteiger partial charge in [-0.1, -0.05) is 24.8 Å². The third kappa shape index (κ3) is 5.38. The maximum atomic E-state index is 13.4. The molecule has 0 radical (unpaired) electrons. The van der Waals surface area contributed by atoms with E-state index < -0.39 is 11.7 Å². The van der Waals surface area contributed by atoms with Crippen molar-refractivity contribution >= 4 is 17.7 Å². The Morgan fingerprint density at radius 3 is 2.47 bits per heavy atom. The summed E-state index contributed by atoms with van der Waals surface area (Å²) in [5.41, 5.74) is 0.162. The average Bonchev–Trinajstić information content (AvgIpc) is 3.26. The van der Waals surface area contributed by atoms with Crippen molar-refractivity contribution in [2.45, 2.75) is 31.1 Å². The van der Waals surface area contributed by atoms with E-state index in [-0.39, 0.29) is 17.3 Å². The summed E-state index contributed by atoms with van der Waals surface area (Å²) in [5, 5.41) is 8.83. The van der Waals surface area contributed by atoms with E-state index in [0.29, 0.717) is 28.2 Å². The van der Waals surface area contributed by atoms with Crippen molar-refractivity contribution in [1.82, 2.24) is 19.7 Å². The Bertz CT molecular complexity index is 1140. The summed E-state index contributed by atoms with van der Waals surface area (Å²) < 4.78 is 46.9. The maximum absolute atomic E-state index is 13.4. The Balaban J connectivity index is 1.66. The third-order valence-corrected chi connectivity index (χ3v) is 6.79. The number of nitrogens with zero attached hydrogens (tertiary/aromatic N) is 4. The van der Waals surface area contributed by atoms with Crippen LogP contribution in [0.1, 0.15) is 25.3 Å². The first-order valence-corrected chi connectivity index (χ1v) is 11.9. The molecule has 0 N–H and O–H groups in total. The fraction of sp³-hybridized carbons (Fsp3) is 0.375. The number of hydrogen-bond acceptors (Lipinski definition) is 5. The van der Waals surface area contributed by atoms with Crippen LogP contribution in [-0.2, 0) is 11.0 Å². The standard InChI is InChI=1S/C24H25F3N4O2S/c1-16-10-12-30(13-11-16)21(32)15-34-23-29-28-22(17-6-8-20(33-2)9-7-17)31(23)19-5-3-4-18(14-19)24(25,26)27/h3-9,14,16H,10-13,15H2,1-2H3. The number of ether oxygens (including phenoxy) is 1. The number of piperidine rings is 1. The van der Waals surface area contributed by atoms with E-state index in [4.69, 9.17) is 4.74 Å². The summed E-state index contributed by atoms with van der Waals surface area (Å²) in [5.74, 6) is 1.75. The van der Waals surface area contributed by atoms with Crippen molar-refractivity contribution in [3.8, 4) is 22.8 Å². The molecule has 0 spiro atoms. The average molecular weight is 491 g/mol. The minimum Gasteiger partial charge on any atom is -0.497 e. The largest absolute Gasteiger partial charge is 0.497 e. The van der Waals surface area contributed by atoms with Crippen LogP contribution in [0.2, 0.25) is 0 Å². The number of alkyl halides is 3. The quantitative estimate of drug-likeness (QED) is 0.438. The number of aromatic nitrogens is 3. The van der Waals surface area contributed by atoms with Gasteiger partial charge in [-0.2, -0.15) is 13.2 Å². The lowest BCUT2D eigenvalue weighted by Crippen LogP contribution is -2.38. The second-order valence-electron chi connectivity index (χ2n) is 8.27. The number of methoxy groups -OCH3 is 1. The van der Waals surface area contributed by atoms with E-state index in [0.717, 1.165) is 38.1 Å². The number of carbonyl (C=O) groups is 1. The highest BCUT2D eigenvalue weighted by Crippen LogP contribution is 2.34. The Morgan fingerprint density at radius 1 is 1.12 bits per heavy atom. The minimum absolute atomic E-state index is 0.0125. The van der Waals surface area contributed by atoms with Crippen LogP contribution in [0.4, 0.5) is 13.2 Å². The molecule has 1 aliphatic heterocycles. The van der Waals surface area contributed by atoms with Crippen LogP contribution in [-0.4, -0.2) is 51.5 Å². The lowest BCUT2D eigenvalue weighted by atomic mass is 9.99. The number of rotatable bonds is 6. The molecule has 0 bridgehead atoms. The van der Waals surface area contributed by atoms with Crippen molar-refractivity contribution in [1.29, 1.82) is 0 Å². The van der Waals surface area contributed by atoms with E-state index in [1.807, 2.05) is 4.90 Å². The summed E-state index contributed by atoms with van der Waals surface area (Å²) in [6, 6.07) is 12.0. The molecule has 10 heteroatoms. The van der Waals surface area contributed by atoms with E-state index in [9.17, 15) is 18.0 Å². The zero-order valence-electron chi connectivity index (χ0n) is 18.9. The van der Waals surface area contributed by atoms with Crippen LogP contribution in [0.25, 0.3) is 17.1 Å². The fourth-order valence-corrected chi connectivity index (χ4v) is 4.67. The van der Waals surface area contributed by atoms with Crippen molar-refractivity contribution in [3.05, 3.63) is 54.1 Å². The van der Waals surface area contributed by atoms with Gasteiger partial charge < -0.3 is 9.64 Å². The van der Waals surface area contributed by atoms with Gasteiger partial charge in [0.15, 0.2) is 11.0 Å². The summed E-state index contributed by atoms with van der Waals surface area (Å²) >= 11 is 1.17. The number of halogens is 3. The van der Waals surface area contributed by atoms with Gasteiger partial charge in [0.25, 0.3) is 0 Å². The normalized spacial score (nSPS) is 14.9. The van der Waals surface area contributed by atoms with Crippen molar-refractivity contribution in [2.75, 3.05) is 26.0 Å². The molecule has 3 aromatic rings. The number of carbonyl (C=O) groups excluding carboxylic acids is 1. The highest BCUT2D eigenvalue weighted by atomic mass is 32.2. The summed E-state index contributed by atoms with van der Waals surface area (Å²) in [4.78, 5) is 14.6. The molecule has 0 unspecified atom stereocenters. The van der Waals surface area contributed by atoms with E-state index in [1.54, 1.807) is 42.0 Å². The molecule has 1 fully saturated rings. The second kappa shape index (κ2) is 10.1. The fourth-order valence-electron chi connectivity index (χ4n) is 3.82. The lowest BCUT2D eigenvalue weighted by Gasteiger charge is -2.30. The number of thioether (sulfide) groups is 1. The van der Waals surface area contributed by atoms with Gasteiger partial charge in [0.2, 0.25) is 5.91 Å². The topological polar surface area (TPSA) is 60.3 Å². The molecule has 1 aromatic heterocycles. The minimum atomic E-state index is -4.49. The Kier molecular flexibility index (Phi) is 7.16. The Hall–Kier alpha value is -3.01. The van der Waals surface area contributed by atoms with E-state index >= 15 is 0 Å². The monoisotopic (exact) mass is 490 g/mol. The molecule has 180 valence electrons. The first-order chi connectivity index (χ1) is 16.3. The Labute approximate surface area is 200 Å². The first kappa shape index (κ1) is 24.1. The van der Waals surface area contributed by atoms with Gasteiger partial charge in [0, 0.05) is 18.7 Å². The molecule has 1 saturated heterocycles. The Morgan fingerprint density at radius 2 is 1.82 bits per heavy atom. The molecule has 0 atom stereocenters. The molecule has 1 aliphatic rings. The van der Waals surface area contributed by atoms with Crippen LogP contribution in [0.5, 0.6) is 5.75 Å². The van der Waals surface area contributed by atoms with E-state index in [1.165, 1.54) is 17.8 Å². The van der Waals surface area contributed by atoms with Gasteiger partial charge in [0.1, 0.15) is 5.75 Å². The van der Waals surface area contributed by atoms with Gasteiger partial charge >= 0.3 is 6.18 Å². The highest BCUT2D eigenvalue weighted by Gasteiger charge is 2.31. The zero-order valence-corrected chi connectivity index (χ0v) is 19.7. The van der Waals surface area contributed by atoms with Gasteiger partial charge in [-0.05, 0) is 61.2 Å². The molecule has 34 heavy (non-hydrogen) atoms. The summed E-state index contributed by atoms with van der Waals surface area (Å²) in [6.07, 6.45) is -2.55. The molecule has 6 nitrogen and oxygen atoms in total. The maximum Gasteiger partial charge on any atom is 0.416 e.